The first-order chi connectivity index (χ1) is 11.1. The number of thioether (sulfide) groups is 1. The van der Waals surface area contributed by atoms with Crippen molar-refractivity contribution in [3.8, 4) is 5.69 Å². The van der Waals surface area contributed by atoms with Gasteiger partial charge in [-0.2, -0.15) is 0 Å². The largest absolute Gasteiger partial charge is 0.355 e. The number of aryl methyl sites for hydroxylation is 2. The Kier molecular flexibility index (Phi) is 6.71. The third kappa shape index (κ3) is 5.13. The van der Waals surface area contributed by atoms with Crippen molar-refractivity contribution in [1.82, 2.24) is 14.9 Å². The molecule has 0 atom stereocenters. The minimum absolute atomic E-state index is 0.0706. The van der Waals surface area contributed by atoms with Crippen LogP contribution in [0.3, 0.4) is 0 Å². The van der Waals surface area contributed by atoms with Crippen molar-refractivity contribution in [2.24, 2.45) is 0 Å². The number of hydrogen-bond acceptors (Lipinski definition) is 3. The van der Waals surface area contributed by atoms with Crippen LogP contribution < -0.4 is 5.32 Å². The fraction of sp³-hybridized carbons (Fsp3) is 0.444. The minimum atomic E-state index is 0.0706. The molecule has 2 rings (SSSR count). The highest BCUT2D eigenvalue weighted by Gasteiger charge is 2.10. The van der Waals surface area contributed by atoms with E-state index in [4.69, 9.17) is 0 Å². The summed E-state index contributed by atoms with van der Waals surface area (Å²) in [6.07, 6.45) is 7.09. The summed E-state index contributed by atoms with van der Waals surface area (Å²) in [5, 5.41) is 3.81. The van der Waals surface area contributed by atoms with Gasteiger partial charge in [-0.1, -0.05) is 49.2 Å². The summed E-state index contributed by atoms with van der Waals surface area (Å²) in [6.45, 7) is 7.10. The lowest BCUT2D eigenvalue weighted by Gasteiger charge is -2.11. The number of aromatic nitrogens is 2. The molecule has 1 aromatic heterocycles. The molecule has 0 radical (unpaired) electrons. The third-order valence-electron chi connectivity index (χ3n) is 3.65. The van der Waals surface area contributed by atoms with E-state index < -0.39 is 0 Å². The number of rotatable bonds is 8. The van der Waals surface area contributed by atoms with Crippen molar-refractivity contribution in [2.45, 2.75) is 45.2 Å². The summed E-state index contributed by atoms with van der Waals surface area (Å²) in [6, 6.07) is 6.35. The molecule has 124 valence electrons. The number of benzene rings is 1. The molecule has 0 fully saturated rings. The van der Waals surface area contributed by atoms with Gasteiger partial charge in [0.15, 0.2) is 5.16 Å². The lowest BCUT2D eigenvalue weighted by Crippen LogP contribution is -2.26. The average molecular weight is 331 g/mol. The zero-order chi connectivity index (χ0) is 16.7. The number of nitrogens with zero attached hydrogens (tertiary/aromatic N) is 2. The van der Waals surface area contributed by atoms with Crippen LogP contribution in [0.2, 0.25) is 0 Å². The van der Waals surface area contributed by atoms with Crippen LogP contribution >= 0.6 is 11.8 Å². The first-order valence-electron chi connectivity index (χ1n) is 8.12. The molecule has 0 saturated carbocycles. The normalized spacial score (nSPS) is 10.7. The van der Waals surface area contributed by atoms with Gasteiger partial charge >= 0.3 is 0 Å². The molecule has 0 aliphatic rings. The van der Waals surface area contributed by atoms with Gasteiger partial charge in [-0.15, -0.1) is 0 Å². The van der Waals surface area contributed by atoms with E-state index in [9.17, 15) is 4.79 Å². The molecular weight excluding hydrogens is 306 g/mol. The van der Waals surface area contributed by atoms with E-state index in [1.165, 1.54) is 22.9 Å². The Morgan fingerprint density at radius 2 is 2.13 bits per heavy atom. The van der Waals surface area contributed by atoms with E-state index in [0.717, 1.165) is 36.7 Å². The fourth-order valence-corrected chi connectivity index (χ4v) is 3.24. The number of carbonyl (C=O) groups excluding carboxylic acids is 1. The van der Waals surface area contributed by atoms with Crippen LogP contribution in [-0.4, -0.2) is 27.8 Å². The van der Waals surface area contributed by atoms with Gasteiger partial charge in [0.05, 0.1) is 11.4 Å². The van der Waals surface area contributed by atoms with Crippen LogP contribution in [0.1, 0.15) is 37.3 Å². The first-order valence-corrected chi connectivity index (χ1v) is 9.11. The van der Waals surface area contributed by atoms with Crippen LogP contribution in [0.25, 0.3) is 5.69 Å². The Morgan fingerprint density at radius 3 is 2.87 bits per heavy atom. The van der Waals surface area contributed by atoms with Gasteiger partial charge in [0.25, 0.3) is 0 Å². The molecule has 0 spiro atoms. The van der Waals surface area contributed by atoms with Gasteiger partial charge in [-0.05, 0) is 31.9 Å². The molecule has 4 nitrogen and oxygen atoms in total. The van der Waals surface area contributed by atoms with E-state index in [1.807, 2.05) is 10.8 Å². The molecule has 1 N–H and O–H groups in total. The summed E-state index contributed by atoms with van der Waals surface area (Å²) < 4.78 is 2.05. The SMILES string of the molecule is CCCCCNC(=O)CSc1nccn1-c1ccc(C)cc1C. The van der Waals surface area contributed by atoms with Crippen LogP contribution in [0.15, 0.2) is 35.7 Å². The molecule has 0 bridgehead atoms. The minimum Gasteiger partial charge on any atom is -0.355 e. The summed E-state index contributed by atoms with van der Waals surface area (Å²) in [7, 11) is 0. The predicted molar refractivity (Wildman–Crippen MR) is 96.3 cm³/mol. The van der Waals surface area contributed by atoms with Crippen LogP contribution in [-0.2, 0) is 4.79 Å². The second-order valence-electron chi connectivity index (χ2n) is 5.72. The number of unbranched alkanes of at least 4 members (excludes halogenated alkanes) is 2. The lowest BCUT2D eigenvalue weighted by molar-refractivity contribution is -0.118. The summed E-state index contributed by atoms with van der Waals surface area (Å²) >= 11 is 1.47. The van der Waals surface area contributed by atoms with E-state index in [1.54, 1.807) is 6.20 Å². The Morgan fingerprint density at radius 1 is 1.30 bits per heavy atom. The van der Waals surface area contributed by atoms with Crippen molar-refractivity contribution >= 4 is 17.7 Å². The summed E-state index contributed by atoms with van der Waals surface area (Å²) in [4.78, 5) is 16.3. The molecular formula is C18H25N3OS. The molecule has 0 saturated heterocycles. The highest BCUT2D eigenvalue weighted by atomic mass is 32.2. The van der Waals surface area contributed by atoms with E-state index in [-0.39, 0.29) is 5.91 Å². The van der Waals surface area contributed by atoms with Crippen molar-refractivity contribution in [2.75, 3.05) is 12.3 Å². The Balaban J connectivity index is 1.95. The summed E-state index contributed by atoms with van der Waals surface area (Å²) in [5.74, 6) is 0.468. The van der Waals surface area contributed by atoms with Gasteiger partial charge in [-0.3, -0.25) is 9.36 Å². The second kappa shape index (κ2) is 8.77. The zero-order valence-corrected chi connectivity index (χ0v) is 14.9. The molecule has 1 amide bonds. The number of carbonyl (C=O) groups is 1. The van der Waals surface area contributed by atoms with Gasteiger partial charge in [0.2, 0.25) is 5.91 Å². The standard InChI is InChI=1S/C18H25N3OS/c1-4-5-6-9-19-17(22)13-23-18-20-10-11-21(18)16-8-7-14(2)12-15(16)3/h7-8,10-12H,4-6,9,13H2,1-3H3,(H,19,22). The predicted octanol–water partition coefficient (Wildman–Crippen LogP) is 3.89. The monoisotopic (exact) mass is 331 g/mol. The molecule has 0 aliphatic carbocycles. The molecule has 23 heavy (non-hydrogen) atoms. The highest BCUT2D eigenvalue weighted by molar-refractivity contribution is 7.99. The zero-order valence-electron chi connectivity index (χ0n) is 14.1. The summed E-state index contributed by atoms with van der Waals surface area (Å²) in [5.41, 5.74) is 3.56. The van der Waals surface area contributed by atoms with Crippen LogP contribution in [0.4, 0.5) is 0 Å². The van der Waals surface area contributed by atoms with E-state index in [0.29, 0.717) is 5.75 Å². The molecule has 0 aliphatic heterocycles. The molecule has 1 aromatic carbocycles. The average Bonchev–Trinajstić information content (AvgIpc) is 2.98. The van der Waals surface area contributed by atoms with Crippen molar-refractivity contribution in [1.29, 1.82) is 0 Å². The number of nitrogens with one attached hydrogen (secondary N) is 1. The molecule has 5 heteroatoms. The second-order valence-corrected chi connectivity index (χ2v) is 6.66. The molecule has 1 heterocycles. The van der Waals surface area contributed by atoms with Gasteiger partial charge in [-0.25, -0.2) is 4.98 Å². The lowest BCUT2D eigenvalue weighted by atomic mass is 10.1. The van der Waals surface area contributed by atoms with Crippen molar-refractivity contribution < 1.29 is 4.79 Å². The van der Waals surface area contributed by atoms with E-state index in [2.05, 4.69) is 49.3 Å². The van der Waals surface area contributed by atoms with Gasteiger partial charge in [0.1, 0.15) is 0 Å². The maximum absolute atomic E-state index is 11.9. The molecule has 0 unspecified atom stereocenters. The van der Waals surface area contributed by atoms with Crippen molar-refractivity contribution in [3.05, 3.63) is 41.7 Å². The quantitative estimate of drug-likeness (QED) is 0.590. The Hall–Kier alpha value is -1.75. The maximum atomic E-state index is 11.9. The number of hydrogen-bond donors (Lipinski definition) is 1. The Labute approximate surface area is 142 Å². The topological polar surface area (TPSA) is 46.9 Å². The number of amides is 1. The van der Waals surface area contributed by atoms with Gasteiger partial charge < -0.3 is 5.32 Å². The van der Waals surface area contributed by atoms with Crippen molar-refractivity contribution in [3.63, 3.8) is 0 Å². The third-order valence-corrected chi connectivity index (χ3v) is 4.62. The first kappa shape index (κ1) is 17.6. The Bertz CT molecular complexity index is 651. The smallest absolute Gasteiger partial charge is 0.230 e. The fourth-order valence-electron chi connectivity index (χ4n) is 2.44. The number of imidazole rings is 1. The maximum Gasteiger partial charge on any atom is 0.230 e. The highest BCUT2D eigenvalue weighted by Crippen LogP contribution is 2.23. The van der Waals surface area contributed by atoms with Gasteiger partial charge in [0, 0.05) is 18.9 Å². The molecule has 2 aromatic rings. The van der Waals surface area contributed by atoms with Crippen LogP contribution in [0, 0.1) is 13.8 Å². The van der Waals surface area contributed by atoms with E-state index >= 15 is 0 Å². The van der Waals surface area contributed by atoms with Crippen LogP contribution in [0.5, 0.6) is 0 Å².